The minimum absolute atomic E-state index is 0.0847. The van der Waals surface area contributed by atoms with Crippen molar-refractivity contribution in [3.8, 4) is 23.1 Å². The van der Waals surface area contributed by atoms with E-state index in [-0.39, 0.29) is 23.9 Å². The van der Waals surface area contributed by atoms with Gasteiger partial charge in [-0.15, -0.1) is 0 Å². The number of carbonyl (C=O) groups is 4. The summed E-state index contributed by atoms with van der Waals surface area (Å²) in [6.07, 6.45) is 6.31. The maximum absolute atomic E-state index is 13.5. The first kappa shape index (κ1) is 33.3. The van der Waals surface area contributed by atoms with Crippen LogP contribution in [0.1, 0.15) is 86.2 Å². The second-order valence-corrected chi connectivity index (χ2v) is 14.1. The van der Waals surface area contributed by atoms with Gasteiger partial charge in [-0.3, -0.25) is 9.59 Å². The Hall–Kier alpha value is -5.84. The molecule has 2 aliphatic carbocycles. The van der Waals surface area contributed by atoms with Crippen molar-refractivity contribution in [1.29, 1.82) is 0 Å². The van der Waals surface area contributed by atoms with Crippen LogP contribution in [0, 0.1) is 11.8 Å². The molecule has 4 N–H and O–H groups in total. The van der Waals surface area contributed by atoms with Crippen LogP contribution in [0.3, 0.4) is 0 Å². The lowest BCUT2D eigenvalue weighted by Crippen LogP contribution is -2.50. The van der Waals surface area contributed by atoms with E-state index < -0.39 is 23.3 Å². The maximum atomic E-state index is 13.5. The first-order chi connectivity index (χ1) is 25.2. The van der Waals surface area contributed by atoms with Gasteiger partial charge in [-0.05, 0) is 87.3 Å². The van der Waals surface area contributed by atoms with Crippen LogP contribution in [0.4, 0.5) is 9.59 Å². The van der Waals surface area contributed by atoms with E-state index in [1.165, 1.54) is 14.2 Å². The second kappa shape index (κ2) is 13.0. The first-order valence-electron chi connectivity index (χ1n) is 17.7. The van der Waals surface area contributed by atoms with Crippen molar-refractivity contribution < 1.29 is 28.7 Å². The molecule has 2 aromatic heterocycles. The smallest absolute Gasteiger partial charge is 0.407 e. The molecule has 4 amide bonds. The molecule has 4 aromatic rings. The van der Waals surface area contributed by atoms with Crippen molar-refractivity contribution in [3.63, 3.8) is 0 Å². The monoisotopic (exact) mass is 704 g/mol. The number of aromatic nitrogens is 4. The molecule has 2 saturated carbocycles. The van der Waals surface area contributed by atoms with E-state index in [4.69, 9.17) is 14.5 Å². The molecule has 0 bridgehead atoms. The van der Waals surface area contributed by atoms with Crippen molar-refractivity contribution in [2.75, 3.05) is 27.3 Å². The van der Waals surface area contributed by atoms with Gasteiger partial charge in [0, 0.05) is 24.2 Å². The number of nitrogens with one attached hydrogen (secondary N) is 4. The number of fused-ring (bicyclic) bond motifs is 1. The molecule has 2 aliphatic heterocycles. The summed E-state index contributed by atoms with van der Waals surface area (Å²) in [7, 11) is 2.59. The molecule has 8 rings (SSSR count). The van der Waals surface area contributed by atoms with E-state index in [0.29, 0.717) is 38.8 Å². The number of benzene rings is 2. The lowest BCUT2D eigenvalue weighted by Gasteiger charge is -2.28. The minimum Gasteiger partial charge on any atom is -0.453 e. The Morgan fingerprint density at radius 1 is 0.769 bits per heavy atom. The normalized spacial score (nSPS) is 20.9. The predicted molar refractivity (Wildman–Crippen MR) is 188 cm³/mol. The fourth-order valence-electron chi connectivity index (χ4n) is 7.46. The van der Waals surface area contributed by atoms with Gasteiger partial charge in [-0.2, -0.15) is 0 Å². The number of likely N-dealkylation sites (tertiary alicyclic amines) is 2. The van der Waals surface area contributed by atoms with Crippen molar-refractivity contribution in [1.82, 2.24) is 40.4 Å². The van der Waals surface area contributed by atoms with Crippen molar-refractivity contribution in [2.45, 2.75) is 74.5 Å². The highest BCUT2D eigenvalue weighted by molar-refractivity contribution is 5.94. The molecule has 14 heteroatoms. The van der Waals surface area contributed by atoms with Gasteiger partial charge in [0.1, 0.15) is 22.7 Å². The number of carbonyl (C=O) groups excluding carboxylic acids is 4. The van der Waals surface area contributed by atoms with Crippen LogP contribution < -0.4 is 10.6 Å². The number of hydrogen-bond acceptors (Lipinski definition) is 8. The fourth-order valence-corrected chi connectivity index (χ4v) is 7.46. The topological polar surface area (TPSA) is 175 Å². The molecular formula is C38H40N8O6. The minimum atomic E-state index is -0.880. The molecular weight excluding hydrogens is 664 g/mol. The van der Waals surface area contributed by atoms with Crippen LogP contribution >= 0.6 is 0 Å². The van der Waals surface area contributed by atoms with Gasteiger partial charge in [0.15, 0.2) is 0 Å². The standard InChI is InChI=1S/C38H40N8O6/c1-51-35(49)43-37(15-16-37)33(47)45-19-3-5-29(45)31-39-22-28(42-31)25-12-9-23(10-13-25)7-8-24-11-14-26-27(21-24)41-32(40-26)30-6-4-20-46(30)34(48)38(17-18-38)44-36(50)52-2/h9-14,21-22,29-30H,3-6,15-20H2,1-2H3,(H,39,42)(H,40,41)(H,43,49)(H,44,50)/t29-,30-/m0/s1. The van der Waals surface area contributed by atoms with Gasteiger partial charge >= 0.3 is 12.2 Å². The third-order valence-electron chi connectivity index (χ3n) is 10.7. The van der Waals surface area contributed by atoms with Gasteiger partial charge < -0.3 is 39.9 Å². The summed E-state index contributed by atoms with van der Waals surface area (Å²) in [6.45, 7) is 1.23. The predicted octanol–water partition coefficient (Wildman–Crippen LogP) is 4.46. The molecule has 0 radical (unpaired) electrons. The SMILES string of the molecule is COC(=O)NC1(C(=O)N2CCC[C@H]2c2ncc(-c3ccc(C#Cc4ccc5nc([C@@H]6CCCN6C(=O)C6(NC(=O)OC)CC6)[nH]c5c4)cc3)[nH]2)CC1. The highest BCUT2D eigenvalue weighted by Gasteiger charge is 2.56. The van der Waals surface area contributed by atoms with Crippen molar-refractivity contribution in [2.24, 2.45) is 0 Å². The Morgan fingerprint density at radius 2 is 1.33 bits per heavy atom. The summed E-state index contributed by atoms with van der Waals surface area (Å²) >= 11 is 0. The van der Waals surface area contributed by atoms with Crippen LogP contribution in [0.5, 0.6) is 0 Å². The molecule has 0 unspecified atom stereocenters. The zero-order valence-electron chi connectivity index (χ0n) is 29.1. The number of methoxy groups -OCH3 is 2. The van der Waals surface area contributed by atoms with Crippen LogP contribution in [-0.4, -0.2) is 92.1 Å². The quantitative estimate of drug-likeness (QED) is 0.204. The number of hydrogen-bond donors (Lipinski definition) is 4. The van der Waals surface area contributed by atoms with Crippen LogP contribution in [0.15, 0.2) is 48.7 Å². The average Bonchev–Trinajstić information content (AvgIpc) is 3.72. The molecule has 2 saturated heterocycles. The van der Waals surface area contributed by atoms with E-state index in [9.17, 15) is 19.2 Å². The second-order valence-electron chi connectivity index (χ2n) is 14.1. The molecule has 4 heterocycles. The van der Waals surface area contributed by atoms with E-state index in [1.54, 1.807) is 6.20 Å². The summed E-state index contributed by atoms with van der Waals surface area (Å²) in [5.41, 5.74) is 3.36. The van der Waals surface area contributed by atoms with Gasteiger partial charge in [0.25, 0.3) is 0 Å². The van der Waals surface area contributed by atoms with Crippen LogP contribution in [0.2, 0.25) is 0 Å². The summed E-state index contributed by atoms with van der Waals surface area (Å²) in [6, 6.07) is 13.4. The molecule has 0 spiro atoms. The van der Waals surface area contributed by atoms with Crippen LogP contribution in [0.25, 0.3) is 22.3 Å². The maximum Gasteiger partial charge on any atom is 0.407 e. The number of ether oxygens (including phenoxy) is 2. The number of nitrogens with zero attached hydrogens (tertiary/aromatic N) is 4. The number of alkyl carbamates (subject to hydrolysis) is 2. The fraction of sp³-hybridized carbons (Fsp3) is 0.421. The Kier molecular flexibility index (Phi) is 8.36. The highest BCUT2D eigenvalue weighted by Crippen LogP contribution is 2.43. The van der Waals surface area contributed by atoms with E-state index in [1.807, 2.05) is 52.3 Å². The Balaban J connectivity index is 0.927. The molecule has 52 heavy (non-hydrogen) atoms. The van der Waals surface area contributed by atoms with E-state index in [2.05, 4.69) is 37.4 Å². The molecule has 2 aromatic carbocycles. The zero-order chi connectivity index (χ0) is 36.0. The number of aromatic amines is 2. The molecule has 4 fully saturated rings. The van der Waals surface area contributed by atoms with Crippen molar-refractivity contribution >= 4 is 35.0 Å². The van der Waals surface area contributed by atoms with Gasteiger partial charge in [-0.1, -0.05) is 24.0 Å². The largest absolute Gasteiger partial charge is 0.453 e. The third kappa shape index (κ3) is 6.20. The highest BCUT2D eigenvalue weighted by atomic mass is 16.5. The summed E-state index contributed by atoms with van der Waals surface area (Å²) in [5.74, 6) is 7.79. The molecule has 4 aliphatic rings. The number of H-pyrrole nitrogens is 2. The lowest BCUT2D eigenvalue weighted by molar-refractivity contribution is -0.136. The zero-order valence-corrected chi connectivity index (χ0v) is 29.1. The van der Waals surface area contributed by atoms with Gasteiger partial charge in [-0.25, -0.2) is 19.6 Å². The summed E-state index contributed by atoms with van der Waals surface area (Å²) in [5, 5.41) is 5.47. The Bertz CT molecular complexity index is 2120. The summed E-state index contributed by atoms with van der Waals surface area (Å²) < 4.78 is 9.48. The molecule has 268 valence electrons. The first-order valence-corrected chi connectivity index (χ1v) is 17.7. The van der Waals surface area contributed by atoms with Gasteiger partial charge in [0.2, 0.25) is 11.8 Å². The number of imidazole rings is 2. The number of amides is 4. The molecule has 2 atom stereocenters. The Labute approximate surface area is 300 Å². The average molecular weight is 705 g/mol. The van der Waals surface area contributed by atoms with Gasteiger partial charge in [0.05, 0.1) is 49.2 Å². The molecule has 14 nitrogen and oxygen atoms in total. The van der Waals surface area contributed by atoms with E-state index in [0.717, 1.165) is 70.7 Å². The third-order valence-corrected chi connectivity index (χ3v) is 10.7. The lowest BCUT2D eigenvalue weighted by atomic mass is 10.1. The van der Waals surface area contributed by atoms with Crippen LogP contribution in [-0.2, 0) is 19.1 Å². The van der Waals surface area contributed by atoms with E-state index >= 15 is 0 Å². The summed E-state index contributed by atoms with van der Waals surface area (Å²) in [4.78, 5) is 70.6. The Morgan fingerprint density at radius 3 is 1.90 bits per heavy atom. The van der Waals surface area contributed by atoms with Crippen molar-refractivity contribution in [3.05, 3.63) is 71.4 Å². The number of rotatable bonds is 7.